The minimum absolute atomic E-state index is 0.0956. The maximum absolute atomic E-state index is 15.0. The molecule has 0 bridgehead atoms. The highest BCUT2D eigenvalue weighted by atomic mass is 32.7. The van der Waals surface area contributed by atoms with Crippen LogP contribution in [0.25, 0.3) is 22.2 Å². The highest BCUT2D eigenvalue weighted by Gasteiger charge is 2.45. The highest BCUT2D eigenvalue weighted by Crippen LogP contribution is 2.51. The zero-order chi connectivity index (χ0) is 32.3. The van der Waals surface area contributed by atoms with E-state index in [1.165, 1.54) is 24.3 Å². The molecule has 0 aromatic carbocycles. The second kappa shape index (κ2) is 12.1. The third kappa shape index (κ3) is 6.55. The molecule has 4 aromatic rings. The number of phosphoric acid groups is 1. The van der Waals surface area contributed by atoms with Crippen LogP contribution in [0.2, 0.25) is 0 Å². The minimum atomic E-state index is -4.94. The molecular formula is C22H26F2N8O10P2S. The molecule has 3 unspecified atom stereocenters. The lowest BCUT2D eigenvalue weighted by Gasteiger charge is -2.23. The van der Waals surface area contributed by atoms with Crippen molar-refractivity contribution in [3.8, 4) is 0 Å². The first-order valence-corrected chi connectivity index (χ1v) is 17.4. The molecule has 4 aromatic heterocycles. The van der Waals surface area contributed by atoms with Crippen LogP contribution in [0.5, 0.6) is 0 Å². The van der Waals surface area contributed by atoms with Gasteiger partial charge < -0.3 is 34.1 Å². The Morgan fingerprint density at radius 2 is 1.76 bits per heavy atom. The van der Waals surface area contributed by atoms with E-state index in [9.17, 15) is 32.5 Å². The van der Waals surface area contributed by atoms with Gasteiger partial charge in [0.15, 0.2) is 35.4 Å². The van der Waals surface area contributed by atoms with Crippen LogP contribution in [0.4, 0.5) is 14.6 Å². The van der Waals surface area contributed by atoms with Crippen LogP contribution < -0.4 is 11.3 Å². The number of nitrogens with two attached hydrogens (primary N) is 1. The van der Waals surface area contributed by atoms with Crippen molar-refractivity contribution in [2.24, 2.45) is 7.05 Å². The van der Waals surface area contributed by atoms with Crippen LogP contribution in [0.1, 0.15) is 25.3 Å². The average molecular weight is 695 g/mol. The summed E-state index contributed by atoms with van der Waals surface area (Å²) >= 11 is 3.45. The van der Waals surface area contributed by atoms with Crippen molar-refractivity contribution in [2.45, 2.75) is 49.8 Å². The average Bonchev–Trinajstić information content (AvgIpc) is 3.73. The van der Waals surface area contributed by atoms with Gasteiger partial charge in [0.25, 0.3) is 5.56 Å². The van der Waals surface area contributed by atoms with E-state index >= 15 is 0 Å². The predicted octanol–water partition coefficient (Wildman–Crippen LogP) is 1.76. The second-order valence-electron chi connectivity index (χ2n) is 10.3. The third-order valence-electron chi connectivity index (χ3n) is 7.18. The lowest BCUT2D eigenvalue weighted by Crippen LogP contribution is -2.24. The Kier molecular flexibility index (Phi) is 8.61. The van der Waals surface area contributed by atoms with Crippen molar-refractivity contribution in [2.75, 3.05) is 18.9 Å². The SMILES string of the molecule is Cn1cnc2c(c(F)cn2C2O[C@H](COP(=O)(O)S)C[C@H]2OP(=O)(O)OC[C@@H]2C[C@@H](F)[C@H](n3cnc4c(N)ncnc43)O2)c1=O. The Morgan fingerprint density at radius 3 is 2.51 bits per heavy atom. The largest absolute Gasteiger partial charge is 0.472 e. The van der Waals surface area contributed by atoms with Crippen molar-refractivity contribution in [1.82, 2.24) is 33.6 Å². The van der Waals surface area contributed by atoms with Gasteiger partial charge in [-0.05, 0) is 0 Å². The van der Waals surface area contributed by atoms with Crippen LogP contribution >= 0.6 is 26.9 Å². The van der Waals surface area contributed by atoms with Gasteiger partial charge in [-0.3, -0.25) is 22.9 Å². The summed E-state index contributed by atoms with van der Waals surface area (Å²) in [6.45, 7) is -5.28. The Morgan fingerprint density at radius 1 is 1.04 bits per heavy atom. The fourth-order valence-electron chi connectivity index (χ4n) is 5.21. The highest BCUT2D eigenvalue weighted by molar-refractivity contribution is 8.44. The first-order chi connectivity index (χ1) is 21.2. The lowest BCUT2D eigenvalue weighted by atomic mass is 10.2. The Labute approximate surface area is 256 Å². The van der Waals surface area contributed by atoms with Gasteiger partial charge in [-0.2, -0.15) is 0 Å². The van der Waals surface area contributed by atoms with Crippen LogP contribution in [0.3, 0.4) is 0 Å². The molecule has 0 radical (unpaired) electrons. The lowest BCUT2D eigenvalue weighted by molar-refractivity contribution is -0.0537. The Bertz CT molecular complexity index is 1900. The van der Waals surface area contributed by atoms with Crippen molar-refractivity contribution < 1.29 is 50.7 Å². The number of nitrogens with zero attached hydrogens (tertiary/aromatic N) is 7. The summed E-state index contributed by atoms with van der Waals surface area (Å²) in [7, 11) is -3.56. The van der Waals surface area contributed by atoms with E-state index in [1.54, 1.807) is 0 Å². The molecule has 4 N–H and O–H groups in total. The standard InChI is InChI=1S/C22H26F2N8O10P2S/c1-30-8-29-18-15(20(30)33)13(24)4-31(18)22-14(3-11(41-22)6-39-44(36,37)45)42-43(34,35)38-5-10-2-12(23)21(40-10)32-9-28-16-17(25)26-7-27-19(16)32/h4,7-12,14,21-22H,2-3,5-6H2,1H3,(H,34,35)(H2,25,26,27)(H2,36,37,45)/t10-,11-,12+,14+,21+,22?/m0/s1. The van der Waals surface area contributed by atoms with Crippen molar-refractivity contribution in [3.63, 3.8) is 0 Å². The first-order valence-electron chi connectivity index (χ1n) is 13.2. The normalized spacial score (nSPS) is 28.1. The number of halogens is 2. The number of hydrogen-bond acceptors (Lipinski definition) is 13. The minimum Gasteiger partial charge on any atom is -0.382 e. The molecule has 0 spiro atoms. The number of rotatable bonds is 10. The summed E-state index contributed by atoms with van der Waals surface area (Å²) in [5.74, 6) is -0.841. The Balaban J connectivity index is 1.17. The molecule has 45 heavy (non-hydrogen) atoms. The molecule has 0 saturated carbocycles. The smallest absolute Gasteiger partial charge is 0.382 e. The van der Waals surface area contributed by atoms with Crippen molar-refractivity contribution >= 4 is 54.9 Å². The van der Waals surface area contributed by atoms with Crippen LogP contribution in [-0.4, -0.2) is 81.1 Å². The zero-order valence-electron chi connectivity index (χ0n) is 23.1. The number of phosphoric ester groups is 1. The van der Waals surface area contributed by atoms with Crippen LogP contribution in [0.15, 0.2) is 30.0 Å². The number of imidazole rings is 1. The molecular weight excluding hydrogens is 668 g/mol. The summed E-state index contributed by atoms with van der Waals surface area (Å²) in [4.78, 5) is 48.6. The molecule has 2 saturated heterocycles. The van der Waals surface area contributed by atoms with Gasteiger partial charge in [-0.15, -0.1) is 0 Å². The number of nitrogen functional groups attached to an aromatic ring is 1. The quantitative estimate of drug-likeness (QED) is 0.137. The molecule has 2 aliphatic heterocycles. The van der Waals surface area contributed by atoms with E-state index < -0.39 is 76.1 Å². The van der Waals surface area contributed by atoms with Gasteiger partial charge in [0.1, 0.15) is 29.5 Å². The molecule has 8 atom stereocenters. The number of ether oxygens (including phenoxy) is 2. The molecule has 6 heterocycles. The number of fused-ring (bicyclic) bond motifs is 2. The number of thiol groups is 1. The number of aromatic nitrogens is 7. The number of hydrogen-bond donors (Lipinski definition) is 4. The molecule has 2 fully saturated rings. The fourth-order valence-corrected chi connectivity index (χ4v) is 6.72. The first kappa shape index (κ1) is 32.1. The summed E-state index contributed by atoms with van der Waals surface area (Å²) in [6, 6.07) is 0. The zero-order valence-corrected chi connectivity index (χ0v) is 25.8. The number of alkyl halides is 1. The molecule has 0 aliphatic carbocycles. The third-order valence-corrected chi connectivity index (χ3v) is 9.02. The topological polar surface area (TPSA) is 230 Å². The van der Waals surface area contributed by atoms with Gasteiger partial charge >= 0.3 is 14.6 Å². The van der Waals surface area contributed by atoms with Crippen LogP contribution in [-0.2, 0) is 39.2 Å². The van der Waals surface area contributed by atoms with Crippen LogP contribution in [0, 0.1) is 5.82 Å². The van der Waals surface area contributed by atoms with Crippen molar-refractivity contribution in [1.29, 1.82) is 0 Å². The fraction of sp³-hybridized carbons (Fsp3) is 0.500. The molecule has 0 amide bonds. The summed E-state index contributed by atoms with van der Waals surface area (Å²) in [6.07, 6.45) is -3.32. The van der Waals surface area contributed by atoms with Gasteiger partial charge in [0, 0.05) is 26.1 Å². The number of aryl methyl sites for hydroxylation is 1. The summed E-state index contributed by atoms with van der Waals surface area (Å²) < 4.78 is 84.9. The van der Waals surface area contributed by atoms with E-state index in [2.05, 4.69) is 32.2 Å². The Hall–Kier alpha value is -2.84. The van der Waals surface area contributed by atoms with Gasteiger partial charge in [-0.25, -0.2) is 37.8 Å². The van der Waals surface area contributed by atoms with E-state index in [-0.39, 0.29) is 40.9 Å². The molecule has 244 valence electrons. The van der Waals surface area contributed by atoms with E-state index in [4.69, 9.17) is 28.8 Å². The van der Waals surface area contributed by atoms with Gasteiger partial charge in [-0.1, -0.05) is 12.2 Å². The number of anilines is 1. The monoisotopic (exact) mass is 694 g/mol. The van der Waals surface area contributed by atoms with E-state index in [0.29, 0.717) is 0 Å². The van der Waals surface area contributed by atoms with E-state index in [0.717, 1.165) is 21.7 Å². The van der Waals surface area contributed by atoms with E-state index in [1.807, 2.05) is 0 Å². The van der Waals surface area contributed by atoms with Gasteiger partial charge in [0.2, 0.25) is 0 Å². The maximum atomic E-state index is 15.0. The molecule has 23 heteroatoms. The maximum Gasteiger partial charge on any atom is 0.472 e. The second-order valence-corrected chi connectivity index (χ2v) is 14.5. The van der Waals surface area contributed by atoms with Gasteiger partial charge in [0.05, 0.1) is 38.1 Å². The summed E-state index contributed by atoms with van der Waals surface area (Å²) in [5, 5.41) is -0.366. The predicted molar refractivity (Wildman–Crippen MR) is 152 cm³/mol. The van der Waals surface area contributed by atoms with Crippen molar-refractivity contribution in [3.05, 3.63) is 41.3 Å². The molecule has 18 nitrogen and oxygen atoms in total. The summed E-state index contributed by atoms with van der Waals surface area (Å²) in [5.41, 5.74) is 5.43. The molecule has 6 rings (SSSR count). The molecule has 2 aliphatic rings.